The van der Waals surface area contributed by atoms with Crippen molar-refractivity contribution in [2.24, 2.45) is 5.92 Å². The van der Waals surface area contributed by atoms with Crippen LogP contribution in [-0.2, 0) is 4.79 Å². The van der Waals surface area contributed by atoms with Crippen LogP contribution in [0.5, 0.6) is 0 Å². The van der Waals surface area contributed by atoms with Gasteiger partial charge in [0.1, 0.15) is 0 Å². The van der Waals surface area contributed by atoms with Crippen molar-refractivity contribution >= 4 is 23.3 Å². The second-order valence-corrected chi connectivity index (χ2v) is 5.18. The van der Waals surface area contributed by atoms with E-state index in [-0.39, 0.29) is 11.8 Å². The summed E-state index contributed by atoms with van der Waals surface area (Å²) in [5.41, 5.74) is 0. The number of halogens is 1. The number of anilines is 1. The molecule has 1 amide bonds. The lowest BCUT2D eigenvalue weighted by atomic mass is 9.97. The lowest BCUT2D eigenvalue weighted by molar-refractivity contribution is -0.125. The molecule has 0 aliphatic carbocycles. The normalized spacial score (nSPS) is 19.3. The van der Waals surface area contributed by atoms with Crippen LogP contribution in [-0.4, -0.2) is 35.7 Å². The summed E-state index contributed by atoms with van der Waals surface area (Å²) in [5, 5.41) is 11.3. The standard InChI is InChI=1S/C13H19ClN4O/c1-2-7-15-13(19)10-4-3-8-18(9-10)12-6-5-11(14)16-17-12/h5-6,10H,2-4,7-9H2,1H3,(H,15,19)/t10-/m0/s1. The van der Waals surface area contributed by atoms with E-state index in [1.54, 1.807) is 6.07 Å². The van der Waals surface area contributed by atoms with Gasteiger partial charge in [0.25, 0.3) is 0 Å². The van der Waals surface area contributed by atoms with Crippen molar-refractivity contribution in [3.8, 4) is 0 Å². The molecule has 6 heteroatoms. The smallest absolute Gasteiger partial charge is 0.224 e. The fourth-order valence-electron chi connectivity index (χ4n) is 2.27. The molecule has 1 aliphatic rings. The number of hydrogen-bond donors (Lipinski definition) is 1. The Kier molecular flexibility index (Phi) is 4.96. The van der Waals surface area contributed by atoms with Crippen LogP contribution in [0, 0.1) is 5.92 Å². The summed E-state index contributed by atoms with van der Waals surface area (Å²) in [4.78, 5) is 14.1. The Balaban J connectivity index is 1.96. The van der Waals surface area contributed by atoms with E-state index in [9.17, 15) is 4.79 Å². The van der Waals surface area contributed by atoms with Crippen molar-refractivity contribution in [3.63, 3.8) is 0 Å². The Bertz CT molecular complexity index is 423. The van der Waals surface area contributed by atoms with Gasteiger partial charge in [-0.3, -0.25) is 4.79 Å². The molecule has 1 atom stereocenters. The molecule has 2 heterocycles. The van der Waals surface area contributed by atoms with Gasteiger partial charge in [-0.25, -0.2) is 0 Å². The molecule has 0 spiro atoms. The van der Waals surface area contributed by atoms with E-state index >= 15 is 0 Å². The fraction of sp³-hybridized carbons (Fsp3) is 0.615. The highest BCUT2D eigenvalue weighted by molar-refractivity contribution is 6.29. The molecule has 0 bridgehead atoms. The number of piperidine rings is 1. The molecule has 2 rings (SSSR count). The van der Waals surface area contributed by atoms with Crippen LogP contribution in [0.1, 0.15) is 26.2 Å². The topological polar surface area (TPSA) is 58.1 Å². The molecule has 1 fully saturated rings. The summed E-state index contributed by atoms with van der Waals surface area (Å²) < 4.78 is 0. The van der Waals surface area contributed by atoms with Crippen molar-refractivity contribution in [2.75, 3.05) is 24.5 Å². The van der Waals surface area contributed by atoms with Gasteiger partial charge in [-0.05, 0) is 31.4 Å². The highest BCUT2D eigenvalue weighted by atomic mass is 35.5. The summed E-state index contributed by atoms with van der Waals surface area (Å²) >= 11 is 5.73. The summed E-state index contributed by atoms with van der Waals surface area (Å²) in [5.74, 6) is 0.976. The predicted octanol–water partition coefficient (Wildman–Crippen LogP) is 1.87. The van der Waals surface area contributed by atoms with Crippen molar-refractivity contribution < 1.29 is 4.79 Å². The summed E-state index contributed by atoms with van der Waals surface area (Å²) in [7, 11) is 0. The second-order valence-electron chi connectivity index (χ2n) is 4.79. The number of carbonyl (C=O) groups excluding carboxylic acids is 1. The van der Waals surface area contributed by atoms with E-state index in [1.165, 1.54) is 0 Å². The second kappa shape index (κ2) is 6.70. The first kappa shape index (κ1) is 14.1. The zero-order valence-electron chi connectivity index (χ0n) is 11.1. The highest BCUT2D eigenvalue weighted by Crippen LogP contribution is 2.21. The van der Waals surface area contributed by atoms with Gasteiger partial charge in [-0.15, -0.1) is 10.2 Å². The number of hydrogen-bond acceptors (Lipinski definition) is 4. The van der Waals surface area contributed by atoms with Gasteiger partial charge in [0.2, 0.25) is 5.91 Å². The van der Waals surface area contributed by atoms with Crippen LogP contribution >= 0.6 is 11.6 Å². The largest absolute Gasteiger partial charge is 0.356 e. The van der Waals surface area contributed by atoms with Crippen molar-refractivity contribution in [3.05, 3.63) is 17.3 Å². The Labute approximate surface area is 118 Å². The molecular weight excluding hydrogens is 264 g/mol. The maximum Gasteiger partial charge on any atom is 0.224 e. The third-order valence-corrected chi connectivity index (χ3v) is 3.48. The minimum Gasteiger partial charge on any atom is -0.356 e. The quantitative estimate of drug-likeness (QED) is 0.916. The van der Waals surface area contributed by atoms with Crippen LogP contribution in [0.15, 0.2) is 12.1 Å². The van der Waals surface area contributed by atoms with Crippen molar-refractivity contribution in [2.45, 2.75) is 26.2 Å². The van der Waals surface area contributed by atoms with E-state index in [0.29, 0.717) is 11.7 Å². The summed E-state index contributed by atoms with van der Waals surface area (Å²) in [6, 6.07) is 3.58. The molecule has 0 aromatic carbocycles. The predicted molar refractivity (Wildman–Crippen MR) is 75.3 cm³/mol. The first-order valence-electron chi connectivity index (χ1n) is 6.72. The first-order chi connectivity index (χ1) is 9.20. The van der Waals surface area contributed by atoms with Gasteiger partial charge in [0, 0.05) is 19.6 Å². The highest BCUT2D eigenvalue weighted by Gasteiger charge is 2.26. The first-order valence-corrected chi connectivity index (χ1v) is 7.10. The molecule has 5 nitrogen and oxygen atoms in total. The van der Waals surface area contributed by atoms with E-state index in [4.69, 9.17) is 11.6 Å². The molecular formula is C13H19ClN4O. The molecule has 19 heavy (non-hydrogen) atoms. The lowest BCUT2D eigenvalue weighted by Gasteiger charge is -2.32. The average molecular weight is 283 g/mol. The van der Waals surface area contributed by atoms with Gasteiger partial charge in [0.05, 0.1) is 5.92 Å². The third kappa shape index (κ3) is 3.80. The van der Waals surface area contributed by atoms with E-state index < -0.39 is 0 Å². The molecule has 1 aliphatic heterocycles. The number of aromatic nitrogens is 2. The van der Waals surface area contributed by atoms with Gasteiger partial charge in [0.15, 0.2) is 11.0 Å². The van der Waals surface area contributed by atoms with Crippen LogP contribution in [0.4, 0.5) is 5.82 Å². The third-order valence-electron chi connectivity index (χ3n) is 3.28. The Morgan fingerprint density at radius 1 is 1.53 bits per heavy atom. The van der Waals surface area contributed by atoms with Crippen molar-refractivity contribution in [1.82, 2.24) is 15.5 Å². The van der Waals surface area contributed by atoms with Gasteiger partial charge in [-0.1, -0.05) is 18.5 Å². The number of nitrogens with zero attached hydrogens (tertiary/aromatic N) is 3. The number of carbonyl (C=O) groups is 1. The minimum absolute atomic E-state index is 0.0396. The average Bonchev–Trinajstić information content (AvgIpc) is 2.45. The zero-order chi connectivity index (χ0) is 13.7. The Morgan fingerprint density at radius 3 is 3.05 bits per heavy atom. The fourth-order valence-corrected chi connectivity index (χ4v) is 2.37. The molecule has 0 radical (unpaired) electrons. The molecule has 104 valence electrons. The van der Waals surface area contributed by atoms with Crippen LogP contribution in [0.3, 0.4) is 0 Å². The molecule has 1 aromatic rings. The minimum atomic E-state index is 0.0396. The van der Waals surface area contributed by atoms with E-state index in [0.717, 1.165) is 38.2 Å². The maximum absolute atomic E-state index is 12.0. The maximum atomic E-state index is 12.0. The van der Waals surface area contributed by atoms with Crippen LogP contribution in [0.25, 0.3) is 0 Å². The van der Waals surface area contributed by atoms with Crippen molar-refractivity contribution in [1.29, 1.82) is 0 Å². The number of nitrogens with one attached hydrogen (secondary N) is 1. The summed E-state index contributed by atoms with van der Waals surface area (Å²) in [6.07, 6.45) is 2.90. The van der Waals surface area contributed by atoms with Gasteiger partial charge < -0.3 is 10.2 Å². The van der Waals surface area contributed by atoms with E-state index in [1.807, 2.05) is 6.07 Å². The summed E-state index contributed by atoms with van der Waals surface area (Å²) in [6.45, 7) is 4.41. The molecule has 0 unspecified atom stereocenters. The molecule has 0 saturated carbocycles. The SMILES string of the molecule is CCCNC(=O)[C@H]1CCCN(c2ccc(Cl)nn2)C1. The molecule has 1 aromatic heterocycles. The monoisotopic (exact) mass is 282 g/mol. The van der Waals surface area contributed by atoms with E-state index in [2.05, 4.69) is 27.3 Å². The van der Waals surface area contributed by atoms with Crippen LogP contribution in [0.2, 0.25) is 5.15 Å². The van der Waals surface area contributed by atoms with Gasteiger partial charge in [-0.2, -0.15) is 0 Å². The Morgan fingerprint density at radius 2 is 2.37 bits per heavy atom. The zero-order valence-corrected chi connectivity index (χ0v) is 11.9. The number of amides is 1. The van der Waals surface area contributed by atoms with Crippen LogP contribution < -0.4 is 10.2 Å². The number of rotatable bonds is 4. The Hall–Kier alpha value is -1.36. The van der Waals surface area contributed by atoms with Gasteiger partial charge >= 0.3 is 0 Å². The molecule has 1 N–H and O–H groups in total. The lowest BCUT2D eigenvalue weighted by Crippen LogP contribution is -2.43. The molecule has 1 saturated heterocycles.